The minimum absolute atomic E-state index is 0.0702. The van der Waals surface area contributed by atoms with Crippen molar-refractivity contribution in [3.8, 4) is 22.6 Å². The molecular formula is C23H14N2O3. The minimum Gasteiger partial charge on any atom is -0.436 e. The topological polar surface area (TPSA) is 69.2 Å². The predicted octanol–water partition coefficient (Wildman–Crippen LogP) is 6.22. The van der Waals surface area contributed by atoms with Crippen molar-refractivity contribution in [2.24, 2.45) is 0 Å². The zero-order valence-corrected chi connectivity index (χ0v) is 14.7. The van der Waals surface area contributed by atoms with Crippen LogP contribution in [0.4, 0.5) is 5.69 Å². The Kier molecular flexibility index (Phi) is 3.66. The second-order valence-electron chi connectivity index (χ2n) is 6.51. The molecule has 28 heavy (non-hydrogen) atoms. The van der Waals surface area contributed by atoms with Crippen LogP contribution in [0, 0.1) is 10.1 Å². The van der Waals surface area contributed by atoms with E-state index in [-0.39, 0.29) is 10.6 Å². The van der Waals surface area contributed by atoms with E-state index in [2.05, 4.69) is 4.98 Å². The van der Waals surface area contributed by atoms with Gasteiger partial charge in [-0.25, -0.2) is 4.98 Å². The average molecular weight is 366 g/mol. The normalized spacial score (nSPS) is 11.1. The van der Waals surface area contributed by atoms with Crippen LogP contribution in [0.15, 0.2) is 89.3 Å². The maximum absolute atomic E-state index is 11.7. The molecule has 5 rings (SSSR count). The summed E-state index contributed by atoms with van der Waals surface area (Å²) in [5, 5.41) is 13.4. The van der Waals surface area contributed by atoms with Gasteiger partial charge in [0, 0.05) is 11.6 Å². The van der Waals surface area contributed by atoms with Crippen LogP contribution in [0.25, 0.3) is 44.5 Å². The molecule has 0 bridgehead atoms. The van der Waals surface area contributed by atoms with Gasteiger partial charge in [-0.1, -0.05) is 48.5 Å². The Morgan fingerprint density at radius 1 is 0.821 bits per heavy atom. The van der Waals surface area contributed by atoms with E-state index < -0.39 is 0 Å². The van der Waals surface area contributed by atoms with Crippen LogP contribution >= 0.6 is 0 Å². The third-order valence-electron chi connectivity index (χ3n) is 4.80. The molecule has 0 spiro atoms. The number of aromatic nitrogens is 1. The van der Waals surface area contributed by atoms with Gasteiger partial charge in [0.05, 0.1) is 10.5 Å². The van der Waals surface area contributed by atoms with Crippen LogP contribution in [0.5, 0.6) is 0 Å². The summed E-state index contributed by atoms with van der Waals surface area (Å²) in [6.07, 6.45) is 0. The van der Waals surface area contributed by atoms with E-state index in [0.717, 1.165) is 21.9 Å². The highest BCUT2D eigenvalue weighted by Gasteiger charge is 2.19. The smallest absolute Gasteiger partial charge is 0.277 e. The molecule has 0 amide bonds. The highest BCUT2D eigenvalue weighted by molar-refractivity contribution is 6.02. The quantitative estimate of drug-likeness (QED) is 0.281. The van der Waals surface area contributed by atoms with Gasteiger partial charge in [0.15, 0.2) is 5.58 Å². The number of hydrogen-bond donors (Lipinski definition) is 0. The lowest BCUT2D eigenvalue weighted by atomic mass is 9.96. The number of fused-ring (bicyclic) bond motifs is 2. The molecule has 0 aliphatic rings. The summed E-state index contributed by atoms with van der Waals surface area (Å²) in [5.74, 6) is 0.528. The van der Waals surface area contributed by atoms with Crippen molar-refractivity contribution in [1.82, 2.24) is 4.98 Å². The number of nitro benzene ring substituents is 1. The maximum Gasteiger partial charge on any atom is 0.277 e. The molecule has 0 unspecified atom stereocenters. The zero-order chi connectivity index (χ0) is 19.1. The van der Waals surface area contributed by atoms with Crippen molar-refractivity contribution in [3.05, 3.63) is 95.0 Å². The summed E-state index contributed by atoms with van der Waals surface area (Å²) in [5.41, 5.74) is 3.58. The highest BCUT2D eigenvalue weighted by Crippen LogP contribution is 2.38. The third kappa shape index (κ3) is 2.61. The number of nitro groups is 1. The number of oxazole rings is 1. The summed E-state index contributed by atoms with van der Waals surface area (Å²) >= 11 is 0. The molecule has 1 aromatic heterocycles. The van der Waals surface area contributed by atoms with Crippen molar-refractivity contribution in [1.29, 1.82) is 0 Å². The molecule has 1 heterocycles. The van der Waals surface area contributed by atoms with Gasteiger partial charge in [0.25, 0.3) is 5.69 Å². The van der Waals surface area contributed by atoms with Crippen LogP contribution in [-0.2, 0) is 0 Å². The van der Waals surface area contributed by atoms with Gasteiger partial charge < -0.3 is 4.42 Å². The Bertz CT molecular complexity index is 1340. The molecule has 5 heteroatoms. The van der Waals surface area contributed by atoms with E-state index in [0.29, 0.717) is 22.6 Å². The van der Waals surface area contributed by atoms with E-state index in [1.54, 1.807) is 12.1 Å². The molecule has 5 nitrogen and oxygen atoms in total. The number of nitrogens with zero attached hydrogens (tertiary/aromatic N) is 2. The van der Waals surface area contributed by atoms with Gasteiger partial charge in [0.2, 0.25) is 5.89 Å². The van der Waals surface area contributed by atoms with Gasteiger partial charge in [0.1, 0.15) is 5.52 Å². The molecule has 0 radical (unpaired) electrons. The maximum atomic E-state index is 11.7. The summed E-state index contributed by atoms with van der Waals surface area (Å²) in [7, 11) is 0. The molecule has 0 atom stereocenters. The zero-order valence-electron chi connectivity index (χ0n) is 14.7. The lowest BCUT2D eigenvalue weighted by molar-refractivity contribution is -0.384. The van der Waals surface area contributed by atoms with Crippen molar-refractivity contribution >= 4 is 27.6 Å². The SMILES string of the molecule is O=[N+]([O-])c1ccc2ccccc2c1-c1ccc2nc(-c3ccccc3)oc2c1. The predicted molar refractivity (Wildman–Crippen MR) is 109 cm³/mol. The van der Waals surface area contributed by atoms with E-state index in [4.69, 9.17) is 4.42 Å². The molecule has 4 aromatic carbocycles. The molecule has 0 aliphatic heterocycles. The van der Waals surface area contributed by atoms with Crippen molar-refractivity contribution in [2.45, 2.75) is 0 Å². The molecule has 0 saturated heterocycles. The van der Waals surface area contributed by atoms with Gasteiger partial charge in [-0.15, -0.1) is 0 Å². The molecule has 0 N–H and O–H groups in total. The van der Waals surface area contributed by atoms with E-state index in [1.807, 2.05) is 72.8 Å². The number of hydrogen-bond acceptors (Lipinski definition) is 4. The summed E-state index contributed by atoms with van der Waals surface area (Å²) < 4.78 is 5.95. The van der Waals surface area contributed by atoms with Gasteiger partial charge in [-0.2, -0.15) is 0 Å². The van der Waals surface area contributed by atoms with Crippen molar-refractivity contribution < 1.29 is 9.34 Å². The Morgan fingerprint density at radius 3 is 2.43 bits per heavy atom. The largest absolute Gasteiger partial charge is 0.436 e. The number of benzene rings is 4. The van der Waals surface area contributed by atoms with Crippen LogP contribution in [-0.4, -0.2) is 9.91 Å². The first-order chi connectivity index (χ1) is 13.7. The van der Waals surface area contributed by atoms with Crippen LogP contribution in [0.2, 0.25) is 0 Å². The summed E-state index contributed by atoms with van der Waals surface area (Å²) in [6.45, 7) is 0. The molecule has 5 aromatic rings. The second kappa shape index (κ2) is 6.32. The summed E-state index contributed by atoms with van der Waals surface area (Å²) in [6, 6.07) is 26.1. The lowest BCUT2D eigenvalue weighted by Crippen LogP contribution is -1.93. The molecule has 0 saturated carbocycles. The highest BCUT2D eigenvalue weighted by atomic mass is 16.6. The second-order valence-corrected chi connectivity index (χ2v) is 6.51. The van der Waals surface area contributed by atoms with Gasteiger partial charge >= 0.3 is 0 Å². The van der Waals surface area contributed by atoms with E-state index in [9.17, 15) is 10.1 Å². The molecule has 0 aliphatic carbocycles. The molecular weight excluding hydrogens is 352 g/mol. The fourth-order valence-corrected chi connectivity index (χ4v) is 3.50. The van der Waals surface area contributed by atoms with E-state index in [1.165, 1.54) is 0 Å². The van der Waals surface area contributed by atoms with Crippen molar-refractivity contribution in [3.63, 3.8) is 0 Å². The first-order valence-electron chi connectivity index (χ1n) is 8.83. The fourth-order valence-electron chi connectivity index (χ4n) is 3.50. The van der Waals surface area contributed by atoms with Crippen LogP contribution in [0.1, 0.15) is 0 Å². The minimum atomic E-state index is -0.345. The van der Waals surface area contributed by atoms with Gasteiger partial charge in [-0.3, -0.25) is 10.1 Å². The Balaban J connectivity index is 1.74. The van der Waals surface area contributed by atoms with Gasteiger partial charge in [-0.05, 0) is 46.7 Å². The average Bonchev–Trinajstić information content (AvgIpc) is 3.17. The standard InChI is InChI=1S/C23H14N2O3/c26-25(27)20-13-11-15-6-4-5-9-18(15)22(20)17-10-12-19-21(14-17)28-23(24-19)16-7-2-1-3-8-16/h1-14H. The Labute approximate surface area is 160 Å². The Morgan fingerprint density at radius 2 is 1.61 bits per heavy atom. The first-order valence-corrected chi connectivity index (χ1v) is 8.83. The molecule has 0 fully saturated rings. The molecule has 134 valence electrons. The third-order valence-corrected chi connectivity index (χ3v) is 4.80. The first kappa shape index (κ1) is 16.2. The van der Waals surface area contributed by atoms with Crippen LogP contribution < -0.4 is 0 Å². The summed E-state index contributed by atoms with van der Waals surface area (Å²) in [4.78, 5) is 15.9. The van der Waals surface area contributed by atoms with Crippen molar-refractivity contribution in [2.75, 3.05) is 0 Å². The number of rotatable bonds is 3. The fraction of sp³-hybridized carbons (Fsp3) is 0. The van der Waals surface area contributed by atoms with Crippen LogP contribution in [0.3, 0.4) is 0 Å². The monoisotopic (exact) mass is 366 g/mol. The van der Waals surface area contributed by atoms with E-state index >= 15 is 0 Å². The lowest BCUT2D eigenvalue weighted by Gasteiger charge is -2.08. The Hall–Kier alpha value is -3.99.